The lowest BCUT2D eigenvalue weighted by Gasteiger charge is -2.13. The third kappa shape index (κ3) is 12.1. The Hall–Kier alpha value is -2.41. The summed E-state index contributed by atoms with van der Waals surface area (Å²) in [6, 6.07) is 0. The number of carbonyl (C=O) groups is 3. The fraction of sp³-hybridized carbons (Fsp3) is 0.308. The van der Waals surface area contributed by atoms with E-state index in [4.69, 9.17) is 10.2 Å². The van der Waals surface area contributed by atoms with E-state index < -0.39 is 30.6 Å². The second-order valence-electron chi connectivity index (χ2n) is 3.37. The summed E-state index contributed by atoms with van der Waals surface area (Å²) in [5, 5.41) is 16.6. The van der Waals surface area contributed by atoms with Crippen LogP contribution in [0.4, 0.5) is 0 Å². The van der Waals surface area contributed by atoms with Crippen LogP contribution >= 0.6 is 0 Å². The number of aliphatic hydroxyl groups excluding tert-OH is 1. The molecule has 0 radical (unpaired) electrons. The lowest BCUT2D eigenvalue weighted by Crippen LogP contribution is -2.27. The van der Waals surface area contributed by atoms with Crippen molar-refractivity contribution in [3.8, 4) is 0 Å². The number of carboxylic acids is 1. The average Bonchev–Trinajstić information content (AvgIpc) is 2.42. The van der Waals surface area contributed by atoms with Crippen LogP contribution < -0.4 is 0 Å². The van der Waals surface area contributed by atoms with Crippen molar-refractivity contribution in [1.82, 2.24) is 0 Å². The summed E-state index contributed by atoms with van der Waals surface area (Å²) in [5.74, 6) is -2.26. The van der Waals surface area contributed by atoms with Crippen molar-refractivity contribution >= 4 is 17.9 Å². The molecule has 0 aromatic carbocycles. The minimum Gasteiger partial charge on any atom is -0.478 e. The Morgan fingerprint density at radius 1 is 1.20 bits per heavy atom. The van der Waals surface area contributed by atoms with Crippen LogP contribution in [0.5, 0.6) is 0 Å². The molecule has 0 aromatic heterocycles. The summed E-state index contributed by atoms with van der Waals surface area (Å²) < 4.78 is 9.19. The second kappa shape index (κ2) is 11.7. The number of esters is 2. The monoisotopic (exact) mass is 286 g/mol. The van der Waals surface area contributed by atoms with Gasteiger partial charge in [-0.1, -0.05) is 19.7 Å². The van der Waals surface area contributed by atoms with E-state index in [1.54, 1.807) is 0 Å². The number of aliphatic carboxylic acids is 1. The quantitative estimate of drug-likeness (QED) is 0.516. The Balaban J connectivity index is 0. The maximum Gasteiger partial charge on any atom is 0.330 e. The minimum atomic E-state index is -0.935. The molecule has 0 bridgehead atoms. The summed E-state index contributed by atoms with van der Waals surface area (Å²) in [7, 11) is 0. The van der Waals surface area contributed by atoms with Gasteiger partial charge in [-0.2, -0.15) is 0 Å². The van der Waals surface area contributed by atoms with E-state index in [0.717, 1.165) is 12.2 Å². The van der Waals surface area contributed by atoms with E-state index >= 15 is 0 Å². The molecule has 0 saturated heterocycles. The van der Waals surface area contributed by atoms with Crippen molar-refractivity contribution in [2.24, 2.45) is 0 Å². The summed E-state index contributed by atoms with van der Waals surface area (Å²) >= 11 is 0. The lowest BCUT2D eigenvalue weighted by molar-refractivity contribution is -0.154. The SMILES string of the molecule is C=C(C)C(=O)O.C=CC(=O)OCC(CO)OC(=O)C=C. The molecule has 2 N–H and O–H groups in total. The first-order chi connectivity index (χ1) is 9.28. The first-order valence-electron chi connectivity index (χ1n) is 5.40. The van der Waals surface area contributed by atoms with Crippen molar-refractivity contribution in [3.05, 3.63) is 37.5 Å². The molecule has 0 spiro atoms. The van der Waals surface area contributed by atoms with E-state index in [2.05, 4.69) is 29.2 Å². The highest BCUT2D eigenvalue weighted by Crippen LogP contribution is 1.95. The summed E-state index contributed by atoms with van der Waals surface area (Å²) in [6.45, 7) is 10.3. The summed E-state index contributed by atoms with van der Waals surface area (Å²) in [6.07, 6.45) is 1.06. The number of aliphatic hydroxyl groups is 1. The van der Waals surface area contributed by atoms with E-state index in [0.29, 0.717) is 0 Å². The molecule has 0 aliphatic rings. The van der Waals surface area contributed by atoms with Crippen LogP contribution in [0.3, 0.4) is 0 Å². The van der Waals surface area contributed by atoms with E-state index in [-0.39, 0.29) is 12.2 Å². The number of ether oxygens (including phenoxy) is 2. The van der Waals surface area contributed by atoms with E-state index in [1.165, 1.54) is 6.92 Å². The van der Waals surface area contributed by atoms with Crippen LogP contribution in [-0.4, -0.2) is 47.4 Å². The second-order valence-corrected chi connectivity index (χ2v) is 3.37. The van der Waals surface area contributed by atoms with Gasteiger partial charge >= 0.3 is 17.9 Å². The first-order valence-corrected chi connectivity index (χ1v) is 5.40. The molecule has 0 amide bonds. The van der Waals surface area contributed by atoms with Crippen molar-refractivity contribution in [2.45, 2.75) is 13.0 Å². The molecule has 1 atom stereocenters. The van der Waals surface area contributed by atoms with Gasteiger partial charge in [0, 0.05) is 17.7 Å². The van der Waals surface area contributed by atoms with Crippen LogP contribution in [0, 0.1) is 0 Å². The third-order valence-electron chi connectivity index (χ3n) is 1.60. The van der Waals surface area contributed by atoms with Gasteiger partial charge in [0.1, 0.15) is 6.61 Å². The topological polar surface area (TPSA) is 110 Å². The van der Waals surface area contributed by atoms with Gasteiger partial charge < -0.3 is 19.7 Å². The van der Waals surface area contributed by atoms with Gasteiger partial charge in [0.2, 0.25) is 0 Å². The molecule has 7 nitrogen and oxygen atoms in total. The molecule has 7 heteroatoms. The van der Waals surface area contributed by atoms with Crippen LogP contribution in [0.25, 0.3) is 0 Å². The van der Waals surface area contributed by atoms with Gasteiger partial charge in [-0.05, 0) is 6.92 Å². The number of rotatable bonds is 7. The van der Waals surface area contributed by atoms with Gasteiger partial charge in [0.25, 0.3) is 0 Å². The maximum atomic E-state index is 10.7. The van der Waals surface area contributed by atoms with Crippen molar-refractivity contribution < 1.29 is 34.1 Å². The third-order valence-corrected chi connectivity index (χ3v) is 1.60. The first kappa shape index (κ1) is 19.9. The molecule has 0 fully saturated rings. The van der Waals surface area contributed by atoms with Gasteiger partial charge in [-0.25, -0.2) is 14.4 Å². The number of hydrogen-bond donors (Lipinski definition) is 2. The Kier molecular flexibility index (Phi) is 11.6. The predicted molar refractivity (Wildman–Crippen MR) is 70.8 cm³/mol. The Bertz CT molecular complexity index is 372. The minimum absolute atomic E-state index is 0.176. The molecule has 0 rings (SSSR count). The van der Waals surface area contributed by atoms with E-state index in [1.807, 2.05) is 0 Å². The molecule has 0 saturated carbocycles. The average molecular weight is 286 g/mol. The fourth-order valence-electron chi connectivity index (χ4n) is 0.570. The molecule has 0 aliphatic heterocycles. The standard InChI is InChI=1S/C9H12O5.C4H6O2/c1-3-8(11)13-6-7(5-10)14-9(12)4-2;1-3(2)4(5)6/h3-4,7,10H,1-2,5-6H2;1H2,2H3,(H,5,6). The van der Waals surface area contributed by atoms with Crippen molar-refractivity contribution in [2.75, 3.05) is 13.2 Å². The largest absolute Gasteiger partial charge is 0.478 e. The van der Waals surface area contributed by atoms with Crippen molar-refractivity contribution in [1.29, 1.82) is 0 Å². The highest BCUT2D eigenvalue weighted by atomic mass is 16.6. The smallest absolute Gasteiger partial charge is 0.330 e. The van der Waals surface area contributed by atoms with Crippen LogP contribution in [0.2, 0.25) is 0 Å². The summed E-state index contributed by atoms with van der Waals surface area (Å²) in [5.41, 5.74) is 0.176. The zero-order valence-electron chi connectivity index (χ0n) is 11.2. The molecule has 20 heavy (non-hydrogen) atoms. The number of carboxylic acid groups (broad SMARTS) is 1. The van der Waals surface area contributed by atoms with Crippen molar-refractivity contribution in [3.63, 3.8) is 0 Å². The lowest BCUT2D eigenvalue weighted by atomic mass is 10.4. The zero-order valence-corrected chi connectivity index (χ0v) is 11.2. The Labute approximate surface area is 116 Å². The van der Waals surface area contributed by atoms with Crippen LogP contribution in [0.1, 0.15) is 6.92 Å². The maximum absolute atomic E-state index is 10.7. The van der Waals surface area contributed by atoms with Gasteiger partial charge in [0.15, 0.2) is 6.10 Å². The summed E-state index contributed by atoms with van der Waals surface area (Å²) in [4.78, 5) is 30.9. The number of carbonyl (C=O) groups excluding carboxylic acids is 2. The molecule has 112 valence electrons. The Morgan fingerprint density at radius 2 is 1.65 bits per heavy atom. The highest BCUT2D eigenvalue weighted by Gasteiger charge is 2.13. The molecule has 0 heterocycles. The van der Waals surface area contributed by atoms with Crippen LogP contribution in [0.15, 0.2) is 37.5 Å². The normalized spacial score (nSPS) is 10.1. The number of hydrogen-bond acceptors (Lipinski definition) is 6. The van der Waals surface area contributed by atoms with Crippen LogP contribution in [-0.2, 0) is 23.9 Å². The molecule has 0 aromatic rings. The predicted octanol–water partition coefficient (Wildman–Crippen LogP) is 0.453. The fourth-order valence-corrected chi connectivity index (χ4v) is 0.570. The van der Waals surface area contributed by atoms with Gasteiger partial charge in [-0.3, -0.25) is 0 Å². The molecular weight excluding hydrogens is 268 g/mol. The van der Waals surface area contributed by atoms with E-state index in [9.17, 15) is 14.4 Å². The molecule has 0 aliphatic carbocycles. The van der Waals surface area contributed by atoms with Gasteiger partial charge in [0.05, 0.1) is 6.61 Å². The molecular formula is C13H18O7. The Morgan fingerprint density at radius 3 is 1.95 bits per heavy atom. The van der Waals surface area contributed by atoms with Gasteiger partial charge in [-0.15, -0.1) is 0 Å². The zero-order chi connectivity index (χ0) is 16.1. The highest BCUT2D eigenvalue weighted by molar-refractivity contribution is 5.84. The molecule has 1 unspecified atom stereocenters.